The number of rotatable bonds is 11. The molecule has 372 valence electrons. The highest BCUT2D eigenvalue weighted by Crippen LogP contribution is 2.38. The van der Waals surface area contributed by atoms with E-state index >= 15 is 0 Å². The first kappa shape index (κ1) is 51.7. The first-order valence-corrected chi connectivity index (χ1v) is 23.1. The fourth-order valence-corrected chi connectivity index (χ4v) is 8.81. The molecule has 1 atom stereocenters. The van der Waals surface area contributed by atoms with Crippen LogP contribution in [-0.4, -0.2) is 72.7 Å². The molecule has 14 heteroatoms. The topological polar surface area (TPSA) is 234 Å². The number of aromatic nitrogens is 2. The molecule has 8 N–H and O–H groups in total. The van der Waals surface area contributed by atoms with Gasteiger partial charge >= 0.3 is 17.9 Å². The summed E-state index contributed by atoms with van der Waals surface area (Å²) < 4.78 is 4.56. The Morgan fingerprint density at radius 1 is 0.685 bits per heavy atom. The van der Waals surface area contributed by atoms with Crippen molar-refractivity contribution in [2.75, 3.05) is 19.0 Å². The Morgan fingerprint density at radius 3 is 1.89 bits per heavy atom. The Labute approximate surface area is 421 Å². The molecule has 0 amide bonds. The number of fused-ring (bicyclic) bond motifs is 3. The number of aryl methyl sites for hydroxylation is 2. The second-order valence-electron chi connectivity index (χ2n) is 18.2. The van der Waals surface area contributed by atoms with Crippen molar-refractivity contribution in [3.8, 4) is 28.7 Å². The van der Waals surface area contributed by atoms with E-state index in [1.165, 1.54) is 82.2 Å². The normalized spacial score (nSPS) is 11.9. The van der Waals surface area contributed by atoms with E-state index in [4.69, 9.17) is 15.9 Å². The van der Waals surface area contributed by atoms with Crippen LogP contribution in [0.3, 0.4) is 0 Å². The zero-order valence-corrected chi connectivity index (χ0v) is 41.2. The van der Waals surface area contributed by atoms with Crippen LogP contribution < -0.4 is 20.3 Å². The number of carbonyl (C=O) groups is 3. The summed E-state index contributed by atoms with van der Waals surface area (Å²) >= 11 is 0. The third-order valence-corrected chi connectivity index (χ3v) is 12.8. The molecule has 0 saturated carbocycles. The van der Waals surface area contributed by atoms with Crippen molar-refractivity contribution in [1.82, 2.24) is 4.57 Å². The highest BCUT2D eigenvalue weighted by molar-refractivity contribution is 6.02. The third kappa shape index (κ3) is 11.3. The fourth-order valence-electron chi connectivity index (χ4n) is 8.81. The van der Waals surface area contributed by atoms with Crippen LogP contribution in [0.4, 0.5) is 5.69 Å². The van der Waals surface area contributed by atoms with Crippen molar-refractivity contribution in [3.05, 3.63) is 196 Å². The molecule has 1 unspecified atom stereocenters. The number of carboxylic acid groups (broad SMARTS) is 3. The van der Waals surface area contributed by atoms with E-state index in [9.17, 15) is 39.9 Å². The number of nitrogens with two attached hydrogens (primary N) is 1. The van der Waals surface area contributed by atoms with Gasteiger partial charge in [-0.3, -0.25) is 4.79 Å². The molecule has 73 heavy (non-hydrogen) atoms. The average Bonchev–Trinajstić information content (AvgIpc) is 3.65. The molecule has 2 heterocycles. The van der Waals surface area contributed by atoms with Gasteiger partial charge in [-0.15, -0.1) is 0 Å². The van der Waals surface area contributed by atoms with E-state index in [0.717, 1.165) is 0 Å². The van der Waals surface area contributed by atoms with Crippen molar-refractivity contribution in [2.45, 2.75) is 39.2 Å². The molecule has 0 aliphatic heterocycles. The highest BCUT2D eigenvalue weighted by Gasteiger charge is 2.28. The maximum absolute atomic E-state index is 12.9. The second-order valence-corrected chi connectivity index (χ2v) is 18.2. The van der Waals surface area contributed by atoms with Gasteiger partial charge in [0.2, 0.25) is 11.2 Å². The summed E-state index contributed by atoms with van der Waals surface area (Å²) in [7, 11) is 6.28. The first-order chi connectivity index (χ1) is 34.7. The zero-order chi connectivity index (χ0) is 52.9. The van der Waals surface area contributed by atoms with Gasteiger partial charge in [-0.1, -0.05) is 78.5 Å². The molecule has 0 aliphatic rings. The van der Waals surface area contributed by atoms with Crippen LogP contribution in [-0.2, 0) is 24.7 Å². The summed E-state index contributed by atoms with van der Waals surface area (Å²) in [6.45, 7) is 5.73. The van der Waals surface area contributed by atoms with E-state index in [2.05, 4.69) is 128 Å². The van der Waals surface area contributed by atoms with Crippen LogP contribution in [0, 0.1) is 13.8 Å². The molecule has 9 rings (SSSR count). The molecule has 0 bridgehead atoms. The van der Waals surface area contributed by atoms with Crippen LogP contribution in [0.15, 0.2) is 146 Å². The number of aromatic carboxylic acids is 2. The molecule has 0 fully saturated rings. The molecule has 9 aromatic rings. The lowest BCUT2D eigenvalue weighted by atomic mass is 9.90. The number of nitrogens with zero attached hydrogens (tertiary/aromatic N) is 3. The summed E-state index contributed by atoms with van der Waals surface area (Å²) in [6.07, 6.45) is 4.40. The van der Waals surface area contributed by atoms with Crippen molar-refractivity contribution < 1.29 is 54.7 Å². The van der Waals surface area contributed by atoms with Gasteiger partial charge in [-0.05, 0) is 126 Å². The molecule has 0 aliphatic carbocycles. The predicted molar refractivity (Wildman–Crippen MR) is 283 cm³/mol. The SMILES string of the molecule is CC(N)(Cc1ccc(O)c(O)c1)C(=O)O.Cc1cc(C=Cc2ccc3cc(N(C)C)ccc3[n+]2C)c(C)n1-c1ccccc1.O=C(O)c1cc2ccccc2c(Cc2c(O)c(C(=O)O)cc3ccccc23)c1[O-]. The molecule has 0 saturated heterocycles. The number of anilines is 1. The van der Waals surface area contributed by atoms with Crippen LogP contribution in [0.2, 0.25) is 0 Å². The number of aromatic hydroxyl groups is 3. The average molecular weight is 981 g/mol. The van der Waals surface area contributed by atoms with Crippen molar-refractivity contribution >= 4 is 68.2 Å². The highest BCUT2D eigenvalue weighted by atomic mass is 16.4. The predicted octanol–water partition coefficient (Wildman–Crippen LogP) is 9.51. The number of para-hydroxylation sites is 1. The standard InChI is InChI=1S/C26H28N3.C23H16O6.C10H13NO4/c1-19-17-21(20(2)29(19)24-9-7-6-8-10-24)11-13-23-14-12-22-18-25(27(3)4)15-16-26(22)28(23)5;24-20-16(14-7-3-1-5-12(14)9-18(20)22(26)27)11-17-15-8-4-2-6-13(15)10-19(21(17)25)23(28)29;1-10(11,9(14)15)5-6-2-3-7(12)8(13)4-6/h6-18H,1-5H3;1-10,24-25H,11H2,(H,26,27)(H,28,29);2-4,12-13H,5,11H2,1H3,(H,14,15)/q+1;;/p-1. The maximum Gasteiger partial charge on any atom is 0.339 e. The van der Waals surface area contributed by atoms with Crippen LogP contribution in [0.5, 0.6) is 23.0 Å². The van der Waals surface area contributed by atoms with Gasteiger partial charge in [-0.2, -0.15) is 4.57 Å². The summed E-state index contributed by atoms with van der Waals surface area (Å²) in [4.78, 5) is 36.0. The molecule has 0 radical (unpaired) electrons. The second kappa shape index (κ2) is 21.5. The lowest BCUT2D eigenvalue weighted by Crippen LogP contribution is -2.46. The minimum atomic E-state index is -1.39. The van der Waals surface area contributed by atoms with Crippen molar-refractivity contribution in [3.63, 3.8) is 0 Å². The number of pyridine rings is 1. The van der Waals surface area contributed by atoms with Gasteiger partial charge in [0.25, 0.3) is 0 Å². The van der Waals surface area contributed by atoms with Gasteiger partial charge in [0.15, 0.2) is 11.5 Å². The van der Waals surface area contributed by atoms with Gasteiger partial charge in [0, 0.05) is 78.9 Å². The van der Waals surface area contributed by atoms with Gasteiger partial charge in [-0.25, -0.2) is 9.59 Å². The van der Waals surface area contributed by atoms with E-state index in [1.807, 2.05) is 0 Å². The number of aliphatic carboxylic acids is 1. The quantitative estimate of drug-likeness (QED) is 0.0474. The molecule has 14 nitrogen and oxygen atoms in total. The molecular formula is C59H56N4O10. The minimum Gasteiger partial charge on any atom is -0.872 e. The Balaban J connectivity index is 0.000000169. The molecule has 0 spiro atoms. The molecular weight excluding hydrogens is 925 g/mol. The first-order valence-electron chi connectivity index (χ1n) is 23.1. The smallest absolute Gasteiger partial charge is 0.339 e. The van der Waals surface area contributed by atoms with E-state index in [0.29, 0.717) is 27.1 Å². The molecule has 7 aromatic carbocycles. The largest absolute Gasteiger partial charge is 0.872 e. The van der Waals surface area contributed by atoms with Gasteiger partial charge < -0.3 is 50.9 Å². The summed E-state index contributed by atoms with van der Waals surface area (Å²) in [5.41, 5.74) is 13.1. The maximum atomic E-state index is 12.9. The van der Waals surface area contributed by atoms with Crippen LogP contribution >= 0.6 is 0 Å². The van der Waals surface area contributed by atoms with E-state index < -0.39 is 34.9 Å². The molecule has 2 aromatic heterocycles. The summed E-state index contributed by atoms with van der Waals surface area (Å²) in [5.74, 6) is -5.35. The minimum absolute atomic E-state index is 0.0795. The number of benzene rings is 7. The fraction of sp³-hybridized carbons (Fsp3) is 0.153. The van der Waals surface area contributed by atoms with Gasteiger partial charge in [0.05, 0.1) is 5.56 Å². The Hall–Kier alpha value is -9.14. The Morgan fingerprint density at radius 2 is 1.29 bits per heavy atom. The zero-order valence-electron chi connectivity index (χ0n) is 41.2. The summed E-state index contributed by atoms with van der Waals surface area (Å²) in [5, 5.41) is 73.1. The van der Waals surface area contributed by atoms with Crippen LogP contribution in [0.25, 0.3) is 50.3 Å². The van der Waals surface area contributed by atoms with Crippen LogP contribution in [0.1, 0.15) is 67.0 Å². The van der Waals surface area contributed by atoms with E-state index in [1.54, 1.807) is 48.5 Å². The Bertz CT molecular complexity index is 3500. The van der Waals surface area contributed by atoms with E-state index in [-0.39, 0.29) is 46.6 Å². The van der Waals surface area contributed by atoms with Crippen molar-refractivity contribution in [2.24, 2.45) is 12.8 Å². The Kier molecular flexibility index (Phi) is 15.2. The van der Waals surface area contributed by atoms with Gasteiger partial charge in [0.1, 0.15) is 23.9 Å². The lowest BCUT2D eigenvalue weighted by Gasteiger charge is -2.21. The van der Waals surface area contributed by atoms with Crippen molar-refractivity contribution in [1.29, 1.82) is 0 Å². The summed E-state index contributed by atoms with van der Waals surface area (Å²) in [6, 6.07) is 44.4. The number of hydrogen-bond acceptors (Lipinski definition) is 9. The number of carboxylic acids is 3. The monoisotopic (exact) mass is 980 g/mol. The number of phenols is 3. The number of hydrogen-bond donors (Lipinski definition) is 7. The number of phenolic OH excluding ortho intramolecular Hbond substituents is 2. The lowest BCUT2D eigenvalue weighted by molar-refractivity contribution is -0.646. The third-order valence-electron chi connectivity index (χ3n) is 12.8.